The number of thioether (sulfide) groups is 2. The van der Waals surface area contributed by atoms with E-state index in [9.17, 15) is 0 Å². The van der Waals surface area contributed by atoms with Crippen LogP contribution in [-0.4, -0.2) is 11.5 Å². The van der Waals surface area contributed by atoms with Crippen LogP contribution < -0.4 is 0 Å². The third kappa shape index (κ3) is 8.45. The summed E-state index contributed by atoms with van der Waals surface area (Å²) in [6.07, 6.45) is 16.5. The summed E-state index contributed by atoms with van der Waals surface area (Å²) in [4.78, 5) is 2.95. The molecule has 0 bridgehead atoms. The van der Waals surface area contributed by atoms with E-state index in [0.29, 0.717) is 0 Å². The molecule has 160 valence electrons. The molecule has 6 heteroatoms. The number of thiophene rings is 2. The maximum absolute atomic E-state index is 3.85. The highest BCUT2D eigenvalue weighted by atomic mass is 79.9. The van der Waals surface area contributed by atoms with Crippen LogP contribution in [0.2, 0.25) is 0 Å². The van der Waals surface area contributed by atoms with Crippen LogP contribution in [0.4, 0.5) is 0 Å². The lowest BCUT2D eigenvalue weighted by atomic mass is 10.1. The Bertz CT molecular complexity index is 620. The molecule has 0 fully saturated rings. The van der Waals surface area contributed by atoms with Gasteiger partial charge >= 0.3 is 0 Å². The van der Waals surface area contributed by atoms with Gasteiger partial charge in [0.05, 0.1) is 26.8 Å². The molecule has 0 aliphatic carbocycles. The quantitative estimate of drug-likeness (QED) is 0.142. The highest BCUT2D eigenvalue weighted by Crippen LogP contribution is 2.52. The molecule has 0 N–H and O–H groups in total. The van der Waals surface area contributed by atoms with Crippen molar-refractivity contribution in [2.24, 2.45) is 0 Å². The van der Waals surface area contributed by atoms with Crippen LogP contribution in [0.1, 0.15) is 90.9 Å². The first-order chi connectivity index (χ1) is 13.7. The van der Waals surface area contributed by atoms with Crippen LogP contribution in [-0.2, 0) is 0 Å². The maximum Gasteiger partial charge on any atom is 0.0855 e. The number of fused-ring (bicyclic) bond motifs is 1. The molecule has 28 heavy (non-hydrogen) atoms. The Kier molecular flexibility index (Phi) is 13.9. The fourth-order valence-electron chi connectivity index (χ4n) is 3.20. The van der Waals surface area contributed by atoms with Crippen molar-refractivity contribution in [3.8, 4) is 0 Å². The molecule has 2 aromatic heterocycles. The van der Waals surface area contributed by atoms with Gasteiger partial charge in [-0.25, -0.2) is 0 Å². The van der Waals surface area contributed by atoms with E-state index in [4.69, 9.17) is 0 Å². The summed E-state index contributed by atoms with van der Waals surface area (Å²) in [7, 11) is 0. The molecule has 2 heterocycles. The highest BCUT2D eigenvalue weighted by Gasteiger charge is 2.19. The third-order valence-electron chi connectivity index (χ3n) is 4.85. The average Bonchev–Trinajstić information content (AvgIpc) is 3.14. The van der Waals surface area contributed by atoms with E-state index < -0.39 is 0 Å². The molecule has 0 radical (unpaired) electrons. The monoisotopic (exact) mass is 584 g/mol. The van der Waals surface area contributed by atoms with Crippen molar-refractivity contribution in [1.82, 2.24) is 0 Å². The minimum atomic E-state index is 1.24. The molecule has 2 rings (SSSR count). The largest absolute Gasteiger partial charge is 0.125 e. The van der Waals surface area contributed by atoms with Crippen molar-refractivity contribution in [2.45, 2.75) is 101 Å². The second kappa shape index (κ2) is 15.2. The van der Waals surface area contributed by atoms with E-state index in [1.54, 1.807) is 0 Å². The van der Waals surface area contributed by atoms with E-state index in [-0.39, 0.29) is 0 Å². The average molecular weight is 587 g/mol. The van der Waals surface area contributed by atoms with Gasteiger partial charge in [-0.15, -0.1) is 46.2 Å². The van der Waals surface area contributed by atoms with Crippen LogP contribution >= 0.6 is 78.1 Å². The first-order valence-electron chi connectivity index (χ1n) is 10.8. The zero-order valence-corrected chi connectivity index (χ0v) is 23.7. The predicted octanol–water partition coefficient (Wildman–Crippen LogP) is 11.4. The second-order valence-electron chi connectivity index (χ2n) is 7.30. The standard InChI is InChI=1S/C22H34Br2S4/c1-3-5-7-9-11-13-15-25-19-17-18(28-21(19)23)20(22(24)27-17)26-16-14-12-10-8-6-4-2/h3-16H2,1-2H3. The fraction of sp³-hybridized carbons (Fsp3) is 0.727. The summed E-state index contributed by atoms with van der Waals surface area (Å²) in [6.45, 7) is 4.57. The van der Waals surface area contributed by atoms with E-state index in [1.165, 1.54) is 115 Å². The Morgan fingerprint density at radius 2 is 0.929 bits per heavy atom. The molecule has 2 aromatic rings. The van der Waals surface area contributed by atoms with E-state index >= 15 is 0 Å². The van der Waals surface area contributed by atoms with Gasteiger partial charge in [-0.2, -0.15) is 0 Å². The van der Waals surface area contributed by atoms with Crippen LogP contribution in [0.5, 0.6) is 0 Å². The number of hydrogen-bond acceptors (Lipinski definition) is 4. The van der Waals surface area contributed by atoms with E-state index in [0.717, 1.165) is 0 Å². The number of unbranched alkanes of at least 4 members (excludes halogenated alkanes) is 10. The molecule has 0 amide bonds. The smallest absolute Gasteiger partial charge is 0.0855 e. The molecule has 0 atom stereocenters. The molecule has 0 aliphatic heterocycles. The van der Waals surface area contributed by atoms with Gasteiger partial charge in [-0.1, -0.05) is 78.1 Å². The molecule has 0 aromatic carbocycles. The van der Waals surface area contributed by atoms with E-state index in [2.05, 4.69) is 69.2 Å². The molecule has 0 nitrogen and oxygen atoms in total. The Labute approximate surface area is 205 Å². The lowest BCUT2D eigenvalue weighted by molar-refractivity contribution is 0.627. The molecule has 0 saturated heterocycles. The minimum Gasteiger partial charge on any atom is -0.125 e. The summed E-state index contributed by atoms with van der Waals surface area (Å²) in [5.41, 5.74) is 0. The molecule has 0 saturated carbocycles. The number of rotatable bonds is 16. The molecular formula is C22H34Br2S4. The van der Waals surface area contributed by atoms with Gasteiger partial charge in [0.15, 0.2) is 0 Å². The Balaban J connectivity index is 1.81. The van der Waals surface area contributed by atoms with Crippen molar-refractivity contribution in [3.63, 3.8) is 0 Å². The van der Waals surface area contributed by atoms with Crippen LogP contribution in [0.15, 0.2) is 17.4 Å². The summed E-state index contributed by atoms with van der Waals surface area (Å²) >= 11 is 15.7. The van der Waals surface area contributed by atoms with Gasteiger partial charge in [0.1, 0.15) is 0 Å². The van der Waals surface area contributed by atoms with Gasteiger partial charge < -0.3 is 0 Å². The normalized spacial score (nSPS) is 11.7. The first-order valence-corrected chi connectivity index (χ1v) is 16.0. The summed E-state index contributed by atoms with van der Waals surface area (Å²) < 4.78 is 5.65. The number of halogens is 2. The van der Waals surface area contributed by atoms with Crippen LogP contribution in [0.3, 0.4) is 0 Å². The Morgan fingerprint density at radius 3 is 1.32 bits per heavy atom. The van der Waals surface area contributed by atoms with Gasteiger partial charge in [0.2, 0.25) is 0 Å². The predicted molar refractivity (Wildman–Crippen MR) is 143 cm³/mol. The minimum absolute atomic E-state index is 1.24. The SMILES string of the molecule is CCCCCCCCSc1c(Br)sc2c(SCCCCCCCC)c(Br)sc12. The highest BCUT2D eigenvalue weighted by molar-refractivity contribution is 9.11. The first kappa shape index (κ1) is 25.6. The van der Waals surface area contributed by atoms with Gasteiger partial charge in [0, 0.05) is 0 Å². The number of hydrogen-bond donors (Lipinski definition) is 0. The van der Waals surface area contributed by atoms with Crippen molar-refractivity contribution >= 4 is 87.5 Å². The van der Waals surface area contributed by atoms with Crippen molar-refractivity contribution in [3.05, 3.63) is 7.57 Å². The van der Waals surface area contributed by atoms with Crippen molar-refractivity contribution in [2.75, 3.05) is 11.5 Å². The zero-order valence-electron chi connectivity index (χ0n) is 17.3. The lowest BCUT2D eigenvalue weighted by Gasteiger charge is -2.01. The van der Waals surface area contributed by atoms with Crippen molar-refractivity contribution < 1.29 is 0 Å². The van der Waals surface area contributed by atoms with E-state index in [1.807, 2.05) is 22.7 Å². The Morgan fingerprint density at radius 1 is 0.571 bits per heavy atom. The summed E-state index contributed by atoms with van der Waals surface area (Å²) in [5, 5.41) is 0. The van der Waals surface area contributed by atoms with Gasteiger partial charge in [0.25, 0.3) is 0 Å². The summed E-state index contributed by atoms with van der Waals surface area (Å²) in [6, 6.07) is 0. The third-order valence-corrected chi connectivity index (χ3v) is 12.2. The van der Waals surface area contributed by atoms with Gasteiger partial charge in [-0.3, -0.25) is 0 Å². The second-order valence-corrected chi connectivity index (χ2v) is 14.2. The van der Waals surface area contributed by atoms with Crippen molar-refractivity contribution in [1.29, 1.82) is 0 Å². The summed E-state index contributed by atoms with van der Waals surface area (Å²) in [5.74, 6) is 2.48. The molecular weight excluding hydrogens is 552 g/mol. The maximum atomic E-state index is 3.85. The topological polar surface area (TPSA) is 0 Å². The zero-order chi connectivity index (χ0) is 20.2. The lowest BCUT2D eigenvalue weighted by Crippen LogP contribution is -1.82. The molecule has 0 unspecified atom stereocenters. The van der Waals surface area contributed by atoms with Crippen LogP contribution in [0, 0.1) is 0 Å². The van der Waals surface area contributed by atoms with Gasteiger partial charge in [-0.05, 0) is 56.2 Å². The fourth-order valence-corrected chi connectivity index (χ4v) is 10.6. The van der Waals surface area contributed by atoms with Crippen LogP contribution in [0.25, 0.3) is 9.40 Å². The Hall–Kier alpha value is 1.32. The molecule has 0 aliphatic rings. The molecule has 0 spiro atoms.